The average Bonchev–Trinajstić information content (AvgIpc) is 2.80. The molecule has 5 rings (SSSR count). The number of ketones is 1. The molecular weight excluding hydrogens is 394 g/mol. The van der Waals surface area contributed by atoms with Crippen LogP contribution in [0.15, 0.2) is 41.3 Å². The molecule has 1 aromatic carbocycles. The predicted octanol–water partition coefficient (Wildman–Crippen LogP) is 1.97. The third kappa shape index (κ3) is 4.08. The van der Waals surface area contributed by atoms with Crippen molar-refractivity contribution in [3.05, 3.63) is 63.6 Å². The van der Waals surface area contributed by atoms with Gasteiger partial charge < -0.3 is 10.1 Å². The minimum Gasteiger partial charge on any atom is -0.379 e. The van der Waals surface area contributed by atoms with Crippen molar-refractivity contribution >= 4 is 22.8 Å². The number of benzene rings is 1. The summed E-state index contributed by atoms with van der Waals surface area (Å²) in [6.07, 6.45) is 2.63. The summed E-state index contributed by atoms with van der Waals surface area (Å²) in [7, 11) is 0. The molecule has 2 aromatic heterocycles. The summed E-state index contributed by atoms with van der Waals surface area (Å²) in [5.41, 5.74) is 2.52. The number of ether oxygens (including phenoxy) is 1. The van der Waals surface area contributed by atoms with Crippen LogP contribution in [0.1, 0.15) is 33.8 Å². The highest BCUT2D eigenvalue weighted by atomic mass is 16.5. The van der Waals surface area contributed by atoms with Gasteiger partial charge in [0.2, 0.25) is 5.95 Å². The van der Waals surface area contributed by atoms with Crippen molar-refractivity contribution in [3.8, 4) is 0 Å². The highest BCUT2D eigenvalue weighted by Crippen LogP contribution is 2.34. The van der Waals surface area contributed by atoms with Gasteiger partial charge in [0.1, 0.15) is 0 Å². The van der Waals surface area contributed by atoms with E-state index in [1.807, 2.05) is 30.3 Å². The van der Waals surface area contributed by atoms with Crippen LogP contribution in [0.4, 0.5) is 5.95 Å². The summed E-state index contributed by atoms with van der Waals surface area (Å²) in [6, 6.07) is 9.98. The van der Waals surface area contributed by atoms with Gasteiger partial charge in [0.15, 0.2) is 11.4 Å². The second-order valence-corrected chi connectivity index (χ2v) is 8.08. The quantitative estimate of drug-likeness (QED) is 0.652. The molecule has 2 aliphatic rings. The van der Waals surface area contributed by atoms with Crippen molar-refractivity contribution in [1.29, 1.82) is 0 Å². The van der Waals surface area contributed by atoms with Crippen molar-refractivity contribution < 1.29 is 9.53 Å². The molecule has 2 N–H and O–H groups in total. The Kier molecular flexibility index (Phi) is 5.48. The molecule has 1 aliphatic heterocycles. The molecule has 0 bridgehead atoms. The van der Waals surface area contributed by atoms with Crippen molar-refractivity contribution in [3.63, 3.8) is 0 Å². The largest absolute Gasteiger partial charge is 0.379 e. The smallest absolute Gasteiger partial charge is 0.262 e. The Bertz CT molecular complexity index is 1160. The molecule has 31 heavy (non-hydrogen) atoms. The topological polar surface area (TPSA) is 100 Å². The second kappa shape index (κ2) is 8.56. The number of nitrogens with zero attached hydrogens (tertiary/aromatic N) is 3. The second-order valence-electron chi connectivity index (χ2n) is 8.08. The number of H-pyrrole nitrogens is 1. The number of fused-ring (bicyclic) bond motifs is 3. The molecular formula is C23H25N5O3. The van der Waals surface area contributed by atoms with E-state index < -0.39 is 0 Å². The summed E-state index contributed by atoms with van der Waals surface area (Å²) >= 11 is 0. The standard InChI is InChI=1S/C23H25N5O3/c29-19-13-16(15-4-2-1-3-5-15)12-17-18(19)14-25-21-20(17)22(30)27-23(26-21)24-6-7-28-8-10-31-11-9-28/h1-5,14,16H,6-13H2,(H2,24,25,26,27,30). The molecule has 160 valence electrons. The molecule has 0 saturated carbocycles. The fourth-order valence-electron chi connectivity index (χ4n) is 4.47. The number of aromatic nitrogens is 3. The SMILES string of the molecule is O=C1CC(c2ccccc2)Cc2c1cnc1nc(NCCN3CCOCC3)[nH]c(=O)c21. The fourth-order valence-corrected chi connectivity index (χ4v) is 4.47. The first-order valence-corrected chi connectivity index (χ1v) is 10.7. The van der Waals surface area contributed by atoms with Crippen molar-refractivity contribution in [1.82, 2.24) is 19.9 Å². The lowest BCUT2D eigenvalue weighted by atomic mass is 9.79. The van der Waals surface area contributed by atoms with E-state index in [1.165, 1.54) is 0 Å². The molecule has 1 fully saturated rings. The maximum atomic E-state index is 13.0. The normalized spacial score (nSPS) is 19.4. The van der Waals surface area contributed by atoms with Crippen LogP contribution in [0, 0.1) is 0 Å². The molecule has 3 aromatic rings. The lowest BCUT2D eigenvalue weighted by Gasteiger charge is -2.26. The molecule has 1 atom stereocenters. The first kappa shape index (κ1) is 19.8. The van der Waals surface area contributed by atoms with E-state index in [0.717, 1.165) is 44.0 Å². The molecule has 0 radical (unpaired) electrons. The number of hydrogen-bond donors (Lipinski definition) is 2. The molecule has 0 spiro atoms. The van der Waals surface area contributed by atoms with Gasteiger partial charge >= 0.3 is 0 Å². The molecule has 1 saturated heterocycles. The zero-order valence-corrected chi connectivity index (χ0v) is 17.3. The molecule has 1 unspecified atom stereocenters. The third-order valence-electron chi connectivity index (χ3n) is 6.12. The summed E-state index contributed by atoms with van der Waals surface area (Å²) in [4.78, 5) is 39.8. The molecule has 0 amide bonds. The summed E-state index contributed by atoms with van der Waals surface area (Å²) in [5, 5.41) is 3.61. The number of rotatable bonds is 5. The minimum absolute atomic E-state index is 0.0246. The van der Waals surface area contributed by atoms with Crippen molar-refractivity contribution in [2.45, 2.75) is 18.8 Å². The van der Waals surface area contributed by atoms with Crippen LogP contribution in [0.3, 0.4) is 0 Å². The lowest BCUT2D eigenvalue weighted by molar-refractivity contribution is 0.0398. The van der Waals surface area contributed by atoms with Gasteiger partial charge in [-0.3, -0.25) is 19.5 Å². The number of morpholine rings is 1. The minimum atomic E-state index is -0.260. The highest BCUT2D eigenvalue weighted by Gasteiger charge is 2.29. The number of nitrogens with one attached hydrogen (secondary N) is 2. The van der Waals surface area contributed by atoms with E-state index in [2.05, 4.69) is 25.2 Å². The summed E-state index contributed by atoms with van der Waals surface area (Å²) in [6.45, 7) is 4.83. The number of pyridine rings is 1. The van der Waals surface area contributed by atoms with Crippen LogP contribution in [0.25, 0.3) is 11.0 Å². The molecule has 8 nitrogen and oxygen atoms in total. The Morgan fingerprint density at radius 3 is 2.74 bits per heavy atom. The van der Waals surface area contributed by atoms with E-state index in [1.54, 1.807) is 6.20 Å². The van der Waals surface area contributed by atoms with Gasteiger partial charge in [-0.2, -0.15) is 4.98 Å². The van der Waals surface area contributed by atoms with Gasteiger partial charge in [-0.1, -0.05) is 30.3 Å². The number of Topliss-reactive ketones (excluding diaryl/α,β-unsaturated/α-hetero) is 1. The lowest BCUT2D eigenvalue weighted by Crippen LogP contribution is -2.39. The monoisotopic (exact) mass is 419 g/mol. The van der Waals surface area contributed by atoms with Gasteiger partial charge in [-0.25, -0.2) is 4.98 Å². The van der Waals surface area contributed by atoms with Gasteiger partial charge in [-0.05, 0) is 23.5 Å². The van der Waals surface area contributed by atoms with E-state index in [9.17, 15) is 9.59 Å². The fraction of sp³-hybridized carbons (Fsp3) is 0.391. The molecule has 1 aliphatic carbocycles. The van der Waals surface area contributed by atoms with Crippen LogP contribution in [-0.2, 0) is 11.2 Å². The first-order chi connectivity index (χ1) is 15.2. The maximum absolute atomic E-state index is 13.0. The number of carbonyl (C=O) groups is 1. The van der Waals surface area contributed by atoms with Crippen molar-refractivity contribution in [2.75, 3.05) is 44.7 Å². The maximum Gasteiger partial charge on any atom is 0.262 e. The van der Waals surface area contributed by atoms with Crippen LogP contribution in [0.2, 0.25) is 0 Å². The first-order valence-electron chi connectivity index (χ1n) is 10.7. The van der Waals surface area contributed by atoms with Gasteiger partial charge in [-0.15, -0.1) is 0 Å². The van der Waals surface area contributed by atoms with Gasteiger partial charge in [0.05, 0.1) is 18.6 Å². The number of hydrogen-bond acceptors (Lipinski definition) is 7. The summed E-state index contributed by atoms with van der Waals surface area (Å²) < 4.78 is 5.36. The highest BCUT2D eigenvalue weighted by molar-refractivity contribution is 6.02. The Labute approximate surface area is 179 Å². The van der Waals surface area contributed by atoms with Gasteiger partial charge in [0, 0.05) is 44.4 Å². The van der Waals surface area contributed by atoms with Crippen LogP contribution in [0.5, 0.6) is 0 Å². The number of aromatic amines is 1. The average molecular weight is 419 g/mol. The molecule has 8 heteroatoms. The number of carbonyl (C=O) groups excluding carboxylic acids is 1. The zero-order chi connectivity index (χ0) is 21.2. The Morgan fingerprint density at radius 2 is 1.94 bits per heavy atom. The Morgan fingerprint density at radius 1 is 1.13 bits per heavy atom. The number of anilines is 1. The van der Waals surface area contributed by atoms with Crippen LogP contribution < -0.4 is 10.9 Å². The Hall–Kier alpha value is -3.10. The molecule has 3 heterocycles. The predicted molar refractivity (Wildman–Crippen MR) is 118 cm³/mol. The zero-order valence-electron chi connectivity index (χ0n) is 17.3. The van der Waals surface area contributed by atoms with E-state index >= 15 is 0 Å². The van der Waals surface area contributed by atoms with Crippen LogP contribution >= 0.6 is 0 Å². The van der Waals surface area contributed by atoms with E-state index in [4.69, 9.17) is 4.74 Å². The van der Waals surface area contributed by atoms with E-state index in [0.29, 0.717) is 41.9 Å². The Balaban J connectivity index is 1.41. The van der Waals surface area contributed by atoms with Crippen LogP contribution in [-0.4, -0.2) is 65.0 Å². The van der Waals surface area contributed by atoms with E-state index in [-0.39, 0.29) is 17.3 Å². The third-order valence-corrected chi connectivity index (χ3v) is 6.12. The summed E-state index contributed by atoms with van der Waals surface area (Å²) in [5.74, 6) is 0.481. The van der Waals surface area contributed by atoms with Gasteiger partial charge in [0.25, 0.3) is 5.56 Å². The van der Waals surface area contributed by atoms with Crippen molar-refractivity contribution in [2.24, 2.45) is 0 Å².